The number of nitrogen functional groups attached to an aromatic ring is 3. The van der Waals surface area contributed by atoms with Crippen LogP contribution >= 0.6 is 0 Å². The number of hydrogen-bond acceptors (Lipinski definition) is 4. The van der Waals surface area contributed by atoms with Gasteiger partial charge in [-0.3, -0.25) is 0 Å². The van der Waals surface area contributed by atoms with Gasteiger partial charge in [-0.25, -0.2) is 0 Å². The fourth-order valence-corrected chi connectivity index (χ4v) is 28.6. The van der Waals surface area contributed by atoms with Crippen LogP contribution in [0.4, 0.5) is 17.1 Å². The summed E-state index contributed by atoms with van der Waals surface area (Å²) in [6.07, 6.45) is -0.0945. The SMILES string of the molecule is CC(C)O[Si]1(c2cccc3cccc(N)c23)c2cccc3cccc(c23)[Si]1(c1cccc2cccc(N)c12)c1cccc2cccc(N)c12. The van der Waals surface area contributed by atoms with Crippen molar-refractivity contribution in [1.29, 1.82) is 0 Å². The minimum atomic E-state index is -3.47. The third kappa shape index (κ3) is 3.87. The molecule has 0 fully saturated rings. The molecule has 0 aromatic heterocycles. The minimum Gasteiger partial charge on any atom is -0.407 e. The van der Waals surface area contributed by atoms with Gasteiger partial charge in [-0.1, -0.05) is 127 Å². The summed E-state index contributed by atoms with van der Waals surface area (Å²) in [5, 5.41) is 15.4. The Morgan fingerprint density at radius 2 is 0.673 bits per heavy atom. The molecule has 0 bridgehead atoms. The average molecular weight is 668 g/mol. The van der Waals surface area contributed by atoms with Crippen molar-refractivity contribution in [3.05, 3.63) is 146 Å². The van der Waals surface area contributed by atoms with Crippen LogP contribution in [0, 0.1) is 0 Å². The van der Waals surface area contributed by atoms with Crippen molar-refractivity contribution in [2.75, 3.05) is 17.2 Å². The molecule has 0 saturated carbocycles. The molecule has 1 aliphatic rings. The van der Waals surface area contributed by atoms with E-state index in [9.17, 15) is 0 Å². The lowest BCUT2D eigenvalue weighted by molar-refractivity contribution is 0.248. The van der Waals surface area contributed by atoms with Gasteiger partial charge in [0.15, 0.2) is 7.59 Å². The van der Waals surface area contributed by atoms with Crippen molar-refractivity contribution in [2.45, 2.75) is 20.0 Å². The highest BCUT2D eigenvalue weighted by molar-refractivity contribution is 7.64. The van der Waals surface area contributed by atoms with Crippen molar-refractivity contribution < 1.29 is 4.43 Å². The highest BCUT2D eigenvalue weighted by atomic mass is 29.3. The quantitative estimate of drug-likeness (QED) is 0.153. The third-order valence-corrected chi connectivity index (χ3v) is 26.1. The number of nitrogens with two attached hydrogens (primary N) is 3. The highest BCUT2D eigenvalue weighted by Gasteiger charge is 2.69. The van der Waals surface area contributed by atoms with Gasteiger partial charge in [0.2, 0.25) is 0 Å². The van der Waals surface area contributed by atoms with Crippen molar-refractivity contribution in [1.82, 2.24) is 0 Å². The summed E-state index contributed by atoms with van der Waals surface area (Å²) < 4.78 is 7.99. The van der Waals surface area contributed by atoms with Crippen LogP contribution < -0.4 is 43.1 Å². The van der Waals surface area contributed by atoms with Gasteiger partial charge < -0.3 is 21.6 Å². The molecule has 8 aromatic rings. The van der Waals surface area contributed by atoms with Crippen LogP contribution in [-0.4, -0.2) is 21.5 Å². The summed E-state index contributed by atoms with van der Waals surface area (Å²) in [6, 6.07) is 52.5. The first-order valence-electron chi connectivity index (χ1n) is 16.9. The molecule has 1 unspecified atom stereocenters. The summed E-state index contributed by atoms with van der Waals surface area (Å²) in [5.74, 6) is 0. The van der Waals surface area contributed by atoms with Gasteiger partial charge in [-0.05, 0) is 84.9 Å². The predicted molar refractivity (Wildman–Crippen MR) is 215 cm³/mol. The van der Waals surface area contributed by atoms with Gasteiger partial charge in [0, 0.05) is 39.3 Å². The second-order valence-corrected chi connectivity index (χ2v) is 23.7. The molecule has 0 aliphatic carbocycles. The maximum absolute atomic E-state index is 7.99. The molecular weight excluding hydrogens is 631 g/mol. The van der Waals surface area contributed by atoms with Crippen LogP contribution in [0.5, 0.6) is 0 Å². The number of rotatable bonds is 5. The monoisotopic (exact) mass is 667 g/mol. The third-order valence-electron chi connectivity index (χ3n) is 10.6. The summed E-state index contributed by atoms with van der Waals surface area (Å²) in [7, 11) is -6.87. The topological polar surface area (TPSA) is 87.3 Å². The van der Waals surface area contributed by atoms with Crippen LogP contribution in [0.15, 0.2) is 146 Å². The van der Waals surface area contributed by atoms with E-state index in [1.54, 1.807) is 0 Å². The molecule has 1 heterocycles. The normalized spacial score (nSPS) is 16.7. The first-order valence-corrected chi connectivity index (χ1v) is 21.8. The van der Waals surface area contributed by atoms with Crippen LogP contribution in [0.1, 0.15) is 13.8 Å². The number of anilines is 3. The van der Waals surface area contributed by atoms with Crippen molar-refractivity contribution in [3.8, 4) is 0 Å². The molecule has 0 amide bonds. The van der Waals surface area contributed by atoms with Crippen molar-refractivity contribution in [3.63, 3.8) is 0 Å². The minimum absolute atomic E-state index is 0.0945. The summed E-state index contributed by atoms with van der Waals surface area (Å²) in [6.45, 7) is 4.36. The van der Waals surface area contributed by atoms with Crippen LogP contribution in [0.25, 0.3) is 43.1 Å². The van der Waals surface area contributed by atoms with Crippen LogP contribution in [-0.2, 0) is 4.43 Å². The Labute approximate surface area is 287 Å². The first-order chi connectivity index (χ1) is 23.9. The largest absolute Gasteiger partial charge is 0.407 e. The molecule has 4 nitrogen and oxygen atoms in total. The zero-order valence-corrected chi connectivity index (χ0v) is 29.6. The molecule has 1 atom stereocenters. The van der Waals surface area contributed by atoms with E-state index in [-0.39, 0.29) is 6.10 Å². The van der Waals surface area contributed by atoms with E-state index in [1.165, 1.54) is 36.7 Å². The molecule has 0 radical (unpaired) electrons. The fourth-order valence-electron chi connectivity index (χ4n) is 9.10. The second-order valence-electron chi connectivity index (χ2n) is 13.6. The van der Waals surface area contributed by atoms with Crippen molar-refractivity contribution >= 4 is 102 Å². The van der Waals surface area contributed by atoms with Gasteiger partial charge in [-0.15, -0.1) is 0 Å². The number of benzene rings is 8. The van der Waals surface area contributed by atoms with Gasteiger partial charge >= 0.3 is 0 Å². The maximum atomic E-state index is 7.99. The van der Waals surface area contributed by atoms with E-state index in [0.29, 0.717) is 0 Å². The number of hydrogen-bond donors (Lipinski definition) is 3. The summed E-state index contributed by atoms with van der Waals surface area (Å²) in [5.41, 5.74) is 23.5. The van der Waals surface area contributed by atoms with E-state index >= 15 is 0 Å². The molecular formula is C43H37N3OSi2. The average Bonchev–Trinajstić information content (AvgIpc) is 3.35. The van der Waals surface area contributed by atoms with Crippen molar-refractivity contribution in [2.24, 2.45) is 0 Å². The van der Waals surface area contributed by atoms with E-state index in [1.807, 2.05) is 24.3 Å². The Bertz CT molecular complexity index is 2530. The molecule has 8 aromatic carbocycles. The number of fused-ring (bicyclic) bond motifs is 3. The Morgan fingerprint density at radius 1 is 0.388 bits per heavy atom. The summed E-state index contributed by atoms with van der Waals surface area (Å²) >= 11 is 0. The molecule has 0 spiro atoms. The zero-order chi connectivity index (χ0) is 33.5. The highest BCUT2D eigenvalue weighted by Crippen LogP contribution is 2.39. The molecule has 0 saturated heterocycles. The lowest BCUT2D eigenvalue weighted by Crippen LogP contribution is -2.88. The second kappa shape index (κ2) is 10.8. The van der Waals surface area contributed by atoms with Gasteiger partial charge in [0.25, 0.3) is 7.83 Å². The standard InChI is InChI=1S/C43H37N3OSi2/c1-27(2)47-49(38-25-9-16-30-13-5-21-34(46)42(30)38)39-26-10-18-31-17-8-24-37(43(31)39)48(49,35-22-6-14-28-11-3-19-32(44)40(28)35)36-23-7-15-29-12-4-20-33(45)41(29)36/h3-27H,44-46H2,1-2H3. The lowest BCUT2D eigenvalue weighted by atomic mass is 10.1. The molecule has 238 valence electrons. The Hall–Kier alpha value is -5.41. The van der Waals surface area contributed by atoms with Crippen LogP contribution in [0.3, 0.4) is 0 Å². The predicted octanol–water partition coefficient (Wildman–Crippen LogP) is 6.09. The van der Waals surface area contributed by atoms with E-state index in [2.05, 4.69) is 135 Å². The first kappa shape index (κ1) is 29.7. The molecule has 6 N–H and O–H groups in total. The smallest absolute Gasteiger partial charge is 0.257 e. The zero-order valence-electron chi connectivity index (χ0n) is 27.6. The van der Waals surface area contributed by atoms with Crippen LogP contribution in [0.2, 0.25) is 0 Å². The van der Waals surface area contributed by atoms with E-state index in [0.717, 1.165) is 49.4 Å². The van der Waals surface area contributed by atoms with Gasteiger partial charge in [0.05, 0.1) is 0 Å². The molecule has 6 heteroatoms. The Kier molecular flexibility index (Phi) is 6.55. The Balaban J connectivity index is 1.66. The van der Waals surface area contributed by atoms with Gasteiger partial charge in [0.1, 0.15) is 0 Å². The Morgan fingerprint density at radius 3 is 1.06 bits per heavy atom. The maximum Gasteiger partial charge on any atom is 0.257 e. The molecule has 49 heavy (non-hydrogen) atoms. The van der Waals surface area contributed by atoms with E-state index < -0.39 is 15.4 Å². The lowest BCUT2D eigenvalue weighted by Gasteiger charge is -2.47. The molecule has 9 rings (SSSR count). The fraction of sp³-hybridized carbons (Fsp3) is 0.0698. The van der Waals surface area contributed by atoms with Gasteiger partial charge in [-0.2, -0.15) is 0 Å². The summed E-state index contributed by atoms with van der Waals surface area (Å²) in [4.78, 5) is 0. The molecule has 1 aliphatic heterocycles. The van der Waals surface area contributed by atoms with E-state index in [4.69, 9.17) is 21.6 Å².